The van der Waals surface area contributed by atoms with Crippen molar-refractivity contribution in [2.45, 2.75) is 38.5 Å². The van der Waals surface area contributed by atoms with Gasteiger partial charge in [0.15, 0.2) is 0 Å². The van der Waals surface area contributed by atoms with Gasteiger partial charge in [0.2, 0.25) is 0 Å². The Hall–Kier alpha value is -1.56. The van der Waals surface area contributed by atoms with Crippen LogP contribution in [-0.2, 0) is 0 Å². The van der Waals surface area contributed by atoms with Gasteiger partial charge in [0.25, 0.3) is 0 Å². The summed E-state index contributed by atoms with van der Waals surface area (Å²) >= 11 is 0. The fraction of sp³-hybridized carbons (Fsp3) is 0.500. The Morgan fingerprint density at radius 1 is 1.40 bits per heavy atom. The molecule has 15 heavy (non-hydrogen) atoms. The lowest BCUT2D eigenvalue weighted by Gasteiger charge is -2.28. The van der Waals surface area contributed by atoms with Crippen molar-refractivity contribution < 1.29 is 0 Å². The second-order valence-electron chi connectivity index (χ2n) is 4.38. The van der Waals surface area contributed by atoms with E-state index >= 15 is 0 Å². The number of nitriles is 1. The molecular formula is C12H15N3. The fourth-order valence-electron chi connectivity index (χ4n) is 2.40. The van der Waals surface area contributed by atoms with Crippen molar-refractivity contribution >= 4 is 5.82 Å². The molecule has 1 aromatic rings. The van der Waals surface area contributed by atoms with Gasteiger partial charge in [-0.25, -0.2) is 4.98 Å². The Kier molecular flexibility index (Phi) is 2.36. The average molecular weight is 201 g/mol. The van der Waals surface area contributed by atoms with Gasteiger partial charge in [0, 0.05) is 6.20 Å². The summed E-state index contributed by atoms with van der Waals surface area (Å²) in [5, 5.41) is 9.11. The predicted molar refractivity (Wildman–Crippen MR) is 59.4 cm³/mol. The summed E-state index contributed by atoms with van der Waals surface area (Å²) in [6.45, 7) is 4.34. The quantitative estimate of drug-likeness (QED) is 0.701. The third-order valence-electron chi connectivity index (χ3n) is 3.35. The number of hydrogen-bond acceptors (Lipinski definition) is 3. The highest BCUT2D eigenvalue weighted by atomic mass is 14.8. The van der Waals surface area contributed by atoms with Crippen LogP contribution in [0, 0.1) is 11.3 Å². The molecule has 2 unspecified atom stereocenters. The second-order valence-corrected chi connectivity index (χ2v) is 4.38. The number of aromatic nitrogens is 1. The summed E-state index contributed by atoms with van der Waals surface area (Å²) < 4.78 is 0. The standard InChI is InChI=1S/C12H15N3/c1-7-3-4-8(2)11-9(5-13)12(14)15-6-10(7)11/h6-8H,3-4H2,1-2H3,(H2,14,15). The van der Waals surface area contributed by atoms with E-state index in [0.717, 1.165) is 12.0 Å². The van der Waals surface area contributed by atoms with Crippen molar-refractivity contribution in [3.05, 3.63) is 22.9 Å². The van der Waals surface area contributed by atoms with E-state index in [4.69, 9.17) is 11.0 Å². The zero-order valence-electron chi connectivity index (χ0n) is 9.12. The Labute approximate surface area is 89.9 Å². The Morgan fingerprint density at radius 2 is 2.07 bits per heavy atom. The lowest BCUT2D eigenvalue weighted by molar-refractivity contribution is 0.524. The van der Waals surface area contributed by atoms with Gasteiger partial charge in [-0.1, -0.05) is 13.8 Å². The van der Waals surface area contributed by atoms with Crippen molar-refractivity contribution in [3.63, 3.8) is 0 Å². The summed E-state index contributed by atoms with van der Waals surface area (Å²) in [6, 6.07) is 2.19. The Balaban J connectivity index is 2.68. The highest BCUT2D eigenvalue weighted by Crippen LogP contribution is 2.40. The van der Waals surface area contributed by atoms with E-state index in [1.165, 1.54) is 12.0 Å². The van der Waals surface area contributed by atoms with Crippen molar-refractivity contribution in [2.75, 3.05) is 5.73 Å². The maximum absolute atomic E-state index is 9.11. The lowest BCUT2D eigenvalue weighted by atomic mass is 9.77. The van der Waals surface area contributed by atoms with E-state index in [0.29, 0.717) is 23.2 Å². The molecule has 2 atom stereocenters. The monoisotopic (exact) mass is 201 g/mol. The molecule has 0 amide bonds. The van der Waals surface area contributed by atoms with Crippen LogP contribution in [0.1, 0.15) is 55.2 Å². The van der Waals surface area contributed by atoms with Crippen LogP contribution in [0.5, 0.6) is 0 Å². The van der Waals surface area contributed by atoms with Crippen LogP contribution < -0.4 is 5.73 Å². The van der Waals surface area contributed by atoms with Crippen LogP contribution in [0.25, 0.3) is 0 Å². The van der Waals surface area contributed by atoms with Crippen LogP contribution in [-0.4, -0.2) is 4.98 Å². The molecule has 2 rings (SSSR count). The minimum absolute atomic E-state index is 0.372. The number of rotatable bonds is 0. The molecule has 1 aliphatic rings. The minimum atomic E-state index is 0.372. The average Bonchev–Trinajstić information content (AvgIpc) is 2.23. The minimum Gasteiger partial charge on any atom is -0.383 e. The van der Waals surface area contributed by atoms with Gasteiger partial charge < -0.3 is 5.73 Å². The normalized spacial score (nSPS) is 24.3. The van der Waals surface area contributed by atoms with Gasteiger partial charge >= 0.3 is 0 Å². The van der Waals surface area contributed by atoms with Crippen LogP contribution in [0.3, 0.4) is 0 Å². The van der Waals surface area contributed by atoms with Gasteiger partial charge in [-0.3, -0.25) is 0 Å². The smallest absolute Gasteiger partial charge is 0.141 e. The Morgan fingerprint density at radius 3 is 2.73 bits per heavy atom. The second kappa shape index (κ2) is 3.54. The number of nitrogen functional groups attached to an aromatic ring is 1. The summed E-state index contributed by atoms with van der Waals surface area (Å²) in [5.41, 5.74) is 8.65. The first-order valence-electron chi connectivity index (χ1n) is 5.33. The molecule has 0 aliphatic heterocycles. The maximum Gasteiger partial charge on any atom is 0.141 e. The molecule has 0 bridgehead atoms. The molecule has 0 aromatic carbocycles. The zero-order valence-corrected chi connectivity index (χ0v) is 9.12. The number of fused-ring (bicyclic) bond motifs is 1. The number of anilines is 1. The topological polar surface area (TPSA) is 62.7 Å². The van der Waals surface area contributed by atoms with Crippen molar-refractivity contribution in [2.24, 2.45) is 0 Å². The van der Waals surface area contributed by atoms with Gasteiger partial charge in [-0.05, 0) is 35.8 Å². The molecule has 3 nitrogen and oxygen atoms in total. The van der Waals surface area contributed by atoms with Crippen LogP contribution in [0.15, 0.2) is 6.20 Å². The maximum atomic E-state index is 9.11. The summed E-state index contributed by atoms with van der Waals surface area (Å²) in [6.07, 6.45) is 4.14. The van der Waals surface area contributed by atoms with Gasteiger partial charge in [0.05, 0.1) is 5.56 Å². The molecule has 0 saturated carbocycles. The molecule has 0 saturated heterocycles. The SMILES string of the molecule is CC1CCC(C)c2c1cnc(N)c2C#N. The molecule has 1 aliphatic carbocycles. The Bertz CT molecular complexity index is 431. The van der Waals surface area contributed by atoms with Gasteiger partial charge in [0.1, 0.15) is 11.9 Å². The number of hydrogen-bond donors (Lipinski definition) is 1. The van der Waals surface area contributed by atoms with E-state index in [-0.39, 0.29) is 0 Å². The third kappa shape index (κ3) is 1.46. The van der Waals surface area contributed by atoms with Crippen molar-refractivity contribution in [1.82, 2.24) is 4.98 Å². The molecular weight excluding hydrogens is 186 g/mol. The third-order valence-corrected chi connectivity index (χ3v) is 3.35. The van der Waals surface area contributed by atoms with Crippen molar-refractivity contribution in [1.29, 1.82) is 5.26 Å². The van der Waals surface area contributed by atoms with Gasteiger partial charge in [-0.2, -0.15) is 5.26 Å². The van der Waals surface area contributed by atoms with E-state index in [2.05, 4.69) is 24.9 Å². The van der Waals surface area contributed by atoms with E-state index in [1.54, 1.807) is 0 Å². The molecule has 1 aromatic heterocycles. The zero-order chi connectivity index (χ0) is 11.0. The largest absolute Gasteiger partial charge is 0.383 e. The molecule has 0 spiro atoms. The first-order chi connectivity index (χ1) is 7.15. The first-order valence-corrected chi connectivity index (χ1v) is 5.33. The molecule has 1 heterocycles. The van der Waals surface area contributed by atoms with E-state index in [1.807, 2.05) is 6.20 Å². The van der Waals surface area contributed by atoms with Crippen LogP contribution in [0.2, 0.25) is 0 Å². The molecule has 2 N–H and O–H groups in total. The molecule has 3 heteroatoms. The predicted octanol–water partition coefficient (Wildman–Crippen LogP) is 2.54. The molecule has 0 radical (unpaired) electrons. The van der Waals surface area contributed by atoms with Crippen LogP contribution >= 0.6 is 0 Å². The first kappa shape index (κ1) is 9.97. The molecule has 78 valence electrons. The number of nitrogens with zero attached hydrogens (tertiary/aromatic N) is 2. The summed E-state index contributed by atoms with van der Waals surface area (Å²) in [7, 11) is 0. The number of nitrogens with two attached hydrogens (primary N) is 1. The molecule has 0 fully saturated rings. The summed E-state index contributed by atoms with van der Waals surface area (Å²) in [4.78, 5) is 4.10. The van der Waals surface area contributed by atoms with E-state index < -0.39 is 0 Å². The van der Waals surface area contributed by atoms with Gasteiger partial charge in [-0.15, -0.1) is 0 Å². The highest BCUT2D eigenvalue weighted by molar-refractivity contribution is 5.57. The van der Waals surface area contributed by atoms with Crippen molar-refractivity contribution in [3.8, 4) is 6.07 Å². The number of pyridine rings is 1. The lowest BCUT2D eigenvalue weighted by Crippen LogP contribution is -2.14. The van der Waals surface area contributed by atoms with Crippen LogP contribution in [0.4, 0.5) is 5.82 Å². The van der Waals surface area contributed by atoms with E-state index in [9.17, 15) is 0 Å². The highest BCUT2D eigenvalue weighted by Gasteiger charge is 2.26. The fourth-order valence-corrected chi connectivity index (χ4v) is 2.40. The summed E-state index contributed by atoms with van der Waals surface area (Å²) in [5.74, 6) is 1.30.